The molecule has 5 N–H and O–H groups in total. The van der Waals surface area contributed by atoms with Crippen LogP contribution in [0.5, 0.6) is 5.75 Å². The van der Waals surface area contributed by atoms with Crippen LogP contribution in [0, 0.1) is 12.5 Å². The maximum absolute atomic E-state index is 13.5. The van der Waals surface area contributed by atoms with Gasteiger partial charge in [0.1, 0.15) is 23.4 Å². The van der Waals surface area contributed by atoms with Crippen LogP contribution in [0.3, 0.4) is 0 Å². The fourth-order valence-electron chi connectivity index (χ4n) is 3.33. The van der Waals surface area contributed by atoms with Crippen LogP contribution < -0.4 is 16.4 Å². The first kappa shape index (κ1) is 29.3. The van der Waals surface area contributed by atoms with Crippen LogP contribution in [-0.2, 0) is 19.1 Å². The molecule has 0 aliphatic heterocycles. The highest BCUT2D eigenvalue weighted by Gasteiger charge is 2.36. The fraction of sp³-hybridized carbons (Fsp3) is 0.520. The molecule has 0 aromatic heterocycles. The third-order valence-corrected chi connectivity index (χ3v) is 4.87. The molecule has 3 atom stereocenters. The molecule has 0 aliphatic carbocycles. The van der Waals surface area contributed by atoms with Crippen LogP contribution in [-0.4, -0.2) is 51.5 Å². The number of nitrogens with two attached hydrogens (primary N) is 1. The van der Waals surface area contributed by atoms with Gasteiger partial charge in [0.05, 0.1) is 0 Å². The zero-order valence-electron chi connectivity index (χ0n) is 21.0. The standard InChI is InChI=1S/C25H36N4O6/c1-7-9-16(3)27-22(32)21(17-10-12-18(30)13-11-17)29(8-2)23(33)19(14-15-20(26)31)28-24(34)35-25(4,5)6/h2,10-13,16,19,21,30H,7,9,14-15H2,1,3-6H3,(H2,26,31)(H,27,32)(H,28,34). The minimum Gasteiger partial charge on any atom is -0.508 e. The third kappa shape index (κ3) is 9.96. The Morgan fingerprint density at radius 3 is 2.23 bits per heavy atom. The molecule has 10 nitrogen and oxygen atoms in total. The first-order valence-corrected chi connectivity index (χ1v) is 11.5. The maximum atomic E-state index is 13.5. The van der Waals surface area contributed by atoms with Crippen molar-refractivity contribution in [2.75, 3.05) is 0 Å². The molecule has 4 amide bonds. The summed E-state index contributed by atoms with van der Waals surface area (Å²) < 4.78 is 5.23. The Morgan fingerprint density at radius 2 is 1.74 bits per heavy atom. The average molecular weight is 489 g/mol. The molecule has 1 aromatic rings. The van der Waals surface area contributed by atoms with E-state index >= 15 is 0 Å². The number of hydrogen-bond donors (Lipinski definition) is 4. The van der Waals surface area contributed by atoms with E-state index in [1.807, 2.05) is 13.8 Å². The molecule has 0 saturated carbocycles. The van der Waals surface area contributed by atoms with Gasteiger partial charge in [-0.15, -0.1) is 0 Å². The van der Waals surface area contributed by atoms with E-state index < -0.39 is 41.5 Å². The Hall–Kier alpha value is -3.74. The van der Waals surface area contributed by atoms with Gasteiger partial charge in [0, 0.05) is 18.5 Å². The third-order valence-electron chi connectivity index (χ3n) is 4.87. The van der Waals surface area contributed by atoms with E-state index in [0.29, 0.717) is 12.0 Å². The minimum absolute atomic E-state index is 0.0308. The van der Waals surface area contributed by atoms with Crippen molar-refractivity contribution in [3.05, 3.63) is 29.8 Å². The first-order valence-electron chi connectivity index (χ1n) is 11.5. The molecular formula is C25H36N4O6. The highest BCUT2D eigenvalue weighted by Crippen LogP contribution is 2.25. The molecule has 1 aromatic carbocycles. The summed E-state index contributed by atoms with van der Waals surface area (Å²) >= 11 is 0. The minimum atomic E-state index is -1.28. The Bertz CT molecular complexity index is 933. The number of ether oxygens (including phenoxy) is 1. The van der Waals surface area contributed by atoms with Crippen molar-refractivity contribution >= 4 is 23.8 Å². The molecular weight excluding hydrogens is 452 g/mol. The number of alkyl carbamates (subject to hydrolysis) is 1. The number of aromatic hydroxyl groups is 1. The first-order chi connectivity index (χ1) is 16.3. The zero-order chi connectivity index (χ0) is 26.8. The monoisotopic (exact) mass is 488 g/mol. The van der Waals surface area contributed by atoms with E-state index in [0.717, 1.165) is 11.3 Å². The van der Waals surface area contributed by atoms with Crippen LogP contribution in [0.25, 0.3) is 0 Å². The maximum Gasteiger partial charge on any atom is 0.408 e. The molecule has 192 valence electrons. The number of amides is 4. The summed E-state index contributed by atoms with van der Waals surface area (Å²) in [7, 11) is 0. The number of phenols is 1. The van der Waals surface area contributed by atoms with Crippen molar-refractivity contribution in [1.29, 1.82) is 0 Å². The van der Waals surface area contributed by atoms with Gasteiger partial charge in [0.25, 0.3) is 5.91 Å². The number of hydrogen-bond acceptors (Lipinski definition) is 6. The summed E-state index contributed by atoms with van der Waals surface area (Å²) in [5, 5.41) is 15.0. The predicted molar refractivity (Wildman–Crippen MR) is 131 cm³/mol. The van der Waals surface area contributed by atoms with Crippen molar-refractivity contribution in [2.24, 2.45) is 5.73 Å². The Labute approximate surface area is 206 Å². The Morgan fingerprint density at radius 1 is 1.14 bits per heavy atom. The van der Waals surface area contributed by atoms with Gasteiger partial charge in [-0.3, -0.25) is 19.3 Å². The van der Waals surface area contributed by atoms with Gasteiger partial charge < -0.3 is 26.2 Å². The Kier molecular flexibility index (Phi) is 11.1. The lowest BCUT2D eigenvalue weighted by Crippen LogP contribution is -2.52. The summed E-state index contributed by atoms with van der Waals surface area (Å²) in [6, 6.07) is 5.20. The largest absolute Gasteiger partial charge is 0.508 e. The summed E-state index contributed by atoms with van der Waals surface area (Å²) in [6.45, 7) is 8.77. The molecule has 0 spiro atoms. The fourth-order valence-corrected chi connectivity index (χ4v) is 3.33. The predicted octanol–water partition coefficient (Wildman–Crippen LogP) is 2.32. The second-order valence-corrected chi connectivity index (χ2v) is 9.23. The van der Waals surface area contributed by atoms with Crippen LogP contribution in [0.2, 0.25) is 0 Å². The van der Waals surface area contributed by atoms with E-state index in [2.05, 4.69) is 16.7 Å². The van der Waals surface area contributed by atoms with Crippen molar-refractivity contribution in [2.45, 2.75) is 84.0 Å². The number of primary amides is 1. The van der Waals surface area contributed by atoms with Gasteiger partial charge in [-0.2, -0.15) is 0 Å². The number of phenolic OH excluding ortho intramolecular Hbond substituents is 1. The van der Waals surface area contributed by atoms with Gasteiger partial charge in [0.15, 0.2) is 0 Å². The number of nitrogens with one attached hydrogen (secondary N) is 2. The van der Waals surface area contributed by atoms with E-state index in [4.69, 9.17) is 16.9 Å². The second-order valence-electron chi connectivity index (χ2n) is 9.23. The van der Waals surface area contributed by atoms with E-state index in [-0.39, 0.29) is 24.6 Å². The number of carbonyl (C=O) groups excluding carboxylic acids is 4. The van der Waals surface area contributed by atoms with E-state index in [9.17, 15) is 24.3 Å². The summed E-state index contributed by atoms with van der Waals surface area (Å²) in [5.41, 5.74) is 4.75. The molecule has 1 rings (SSSR count). The lowest BCUT2D eigenvalue weighted by atomic mass is 10.0. The van der Waals surface area contributed by atoms with Gasteiger partial charge in [-0.05, 0) is 58.2 Å². The molecule has 0 heterocycles. The topological polar surface area (TPSA) is 151 Å². The number of terminal acetylenes is 1. The van der Waals surface area contributed by atoms with Crippen LogP contribution >= 0.6 is 0 Å². The lowest BCUT2D eigenvalue weighted by molar-refractivity contribution is -0.139. The molecule has 0 bridgehead atoms. The van der Waals surface area contributed by atoms with Crippen molar-refractivity contribution in [1.82, 2.24) is 15.5 Å². The highest BCUT2D eigenvalue weighted by atomic mass is 16.6. The van der Waals surface area contributed by atoms with Crippen LogP contribution in [0.1, 0.15) is 71.9 Å². The highest BCUT2D eigenvalue weighted by molar-refractivity contribution is 5.93. The van der Waals surface area contributed by atoms with E-state index in [1.54, 1.807) is 20.8 Å². The SMILES string of the molecule is C#CN(C(=O)C(CCC(N)=O)NC(=O)OC(C)(C)C)C(C(=O)NC(C)CCC)c1ccc(O)cc1. The van der Waals surface area contributed by atoms with Crippen LogP contribution in [0.15, 0.2) is 24.3 Å². The Balaban J connectivity index is 3.36. The number of rotatable bonds is 11. The van der Waals surface area contributed by atoms with Gasteiger partial charge >= 0.3 is 6.09 Å². The number of benzene rings is 1. The number of carbonyl (C=O) groups is 4. The normalized spacial score (nSPS) is 13.5. The molecule has 10 heteroatoms. The summed E-state index contributed by atoms with van der Waals surface area (Å²) in [4.78, 5) is 51.4. The number of nitrogens with zero attached hydrogens (tertiary/aromatic N) is 1. The van der Waals surface area contributed by atoms with Gasteiger partial charge in [-0.1, -0.05) is 31.9 Å². The molecule has 0 saturated heterocycles. The molecule has 3 unspecified atom stereocenters. The molecule has 0 fully saturated rings. The molecule has 0 radical (unpaired) electrons. The van der Waals surface area contributed by atoms with Crippen LogP contribution in [0.4, 0.5) is 4.79 Å². The molecule has 35 heavy (non-hydrogen) atoms. The zero-order valence-corrected chi connectivity index (χ0v) is 21.0. The van der Waals surface area contributed by atoms with Crippen molar-refractivity contribution < 1.29 is 29.0 Å². The summed E-state index contributed by atoms with van der Waals surface area (Å²) in [6.07, 6.45) is 5.97. The second kappa shape index (κ2) is 13.2. The van der Waals surface area contributed by atoms with Gasteiger partial charge in [-0.25, -0.2) is 4.79 Å². The molecule has 0 aliphatic rings. The smallest absolute Gasteiger partial charge is 0.408 e. The average Bonchev–Trinajstić information content (AvgIpc) is 2.73. The quantitative estimate of drug-likeness (QED) is 0.277. The summed E-state index contributed by atoms with van der Waals surface area (Å²) in [5.74, 6) is -2.04. The lowest BCUT2D eigenvalue weighted by Gasteiger charge is -2.31. The van der Waals surface area contributed by atoms with Crippen molar-refractivity contribution in [3.63, 3.8) is 0 Å². The van der Waals surface area contributed by atoms with Gasteiger partial charge in [0.2, 0.25) is 11.8 Å². The van der Waals surface area contributed by atoms with Crippen molar-refractivity contribution in [3.8, 4) is 18.2 Å². The van der Waals surface area contributed by atoms with E-state index in [1.165, 1.54) is 24.3 Å².